The molecule has 0 fully saturated rings. The highest BCUT2D eigenvalue weighted by Gasteiger charge is 2.44. The highest BCUT2D eigenvalue weighted by atomic mass is 15.2. The van der Waals surface area contributed by atoms with Crippen LogP contribution < -0.4 is 26.2 Å². The highest BCUT2D eigenvalue weighted by Crippen LogP contribution is 2.50. The van der Waals surface area contributed by atoms with Gasteiger partial charge in [-0.1, -0.05) is 224 Å². The lowest BCUT2D eigenvalue weighted by Gasteiger charge is -2.45. The molecule has 0 saturated heterocycles. The summed E-state index contributed by atoms with van der Waals surface area (Å²) in [6.07, 6.45) is 0. The van der Waals surface area contributed by atoms with Crippen LogP contribution in [0.3, 0.4) is 0 Å². The number of anilines is 6. The maximum absolute atomic E-state index is 2.58. The standard InChI is InChI=1S/C78H51BN4/c1-5-24-52(25-6-1)58-32-13-17-38-66(58)82-72-44-23-45-73-78(72)79(64-48-46-54(50-74(64)82)60-36-21-42-70-76(60)62-34-15-19-40-68(62)80(70)56-28-9-3-10-29-56)65-49-47-55(51-75(65)83(73)67-39-18-14-33-59(67)53-26-7-2-8-27-53)61-37-22-43-71-77(61)63-35-16-20-41-69(63)81(71)57-30-11-4-12-31-57/h1-51H. The molecule has 2 aliphatic rings. The maximum atomic E-state index is 2.58. The van der Waals surface area contributed by atoms with E-state index >= 15 is 0 Å². The van der Waals surface area contributed by atoms with Crippen molar-refractivity contribution in [1.29, 1.82) is 0 Å². The van der Waals surface area contributed by atoms with Crippen LogP contribution in [0.15, 0.2) is 309 Å². The normalized spacial score (nSPS) is 12.5. The molecule has 0 amide bonds. The van der Waals surface area contributed by atoms with E-state index in [1.54, 1.807) is 0 Å². The Hall–Kier alpha value is -10.9. The molecule has 386 valence electrons. The zero-order valence-electron chi connectivity index (χ0n) is 45.3. The molecular weight excluding hydrogens is 1000 g/mol. The molecule has 17 rings (SSSR count). The first-order chi connectivity index (χ1) is 41.2. The Morgan fingerprint density at radius 2 is 0.578 bits per heavy atom. The van der Waals surface area contributed by atoms with E-state index in [0.717, 1.165) is 45.5 Å². The molecule has 13 aromatic carbocycles. The van der Waals surface area contributed by atoms with Gasteiger partial charge in [-0.05, 0) is 135 Å². The molecule has 4 nitrogen and oxygen atoms in total. The first kappa shape index (κ1) is 47.0. The van der Waals surface area contributed by atoms with Gasteiger partial charge in [0.05, 0.1) is 33.4 Å². The van der Waals surface area contributed by atoms with E-state index in [-0.39, 0.29) is 6.71 Å². The SMILES string of the molecule is c1ccc(-c2ccccc2N2c3cc(-c4cccc5c4c4ccccc4n5-c4ccccc4)ccc3B3c4ccc(-c5cccc6c5c5ccccc5n6-c5ccccc5)cc4N(c4ccccc4-c4ccccc4)c4cccc2c43)cc1. The van der Waals surface area contributed by atoms with Crippen molar-refractivity contribution in [2.24, 2.45) is 0 Å². The number of nitrogens with zero attached hydrogens (tertiary/aromatic N) is 4. The summed E-state index contributed by atoms with van der Waals surface area (Å²) < 4.78 is 4.84. The topological polar surface area (TPSA) is 16.3 Å². The molecule has 0 N–H and O–H groups in total. The van der Waals surface area contributed by atoms with Crippen LogP contribution in [0.1, 0.15) is 0 Å². The molecule has 15 aromatic rings. The van der Waals surface area contributed by atoms with Crippen LogP contribution in [0.25, 0.3) is 99.5 Å². The number of para-hydroxylation sites is 6. The summed E-state index contributed by atoms with van der Waals surface area (Å²) in [7, 11) is 0. The molecular formula is C78H51BN4. The minimum absolute atomic E-state index is 0.110. The summed E-state index contributed by atoms with van der Waals surface area (Å²) in [5, 5.41) is 4.95. The fourth-order valence-electron chi connectivity index (χ4n) is 14.1. The molecule has 2 aromatic heterocycles. The molecule has 0 spiro atoms. The molecule has 4 heterocycles. The van der Waals surface area contributed by atoms with Crippen LogP contribution in [-0.4, -0.2) is 15.8 Å². The third-order valence-electron chi connectivity index (χ3n) is 17.5. The van der Waals surface area contributed by atoms with E-state index in [2.05, 4.69) is 328 Å². The van der Waals surface area contributed by atoms with Crippen molar-refractivity contribution in [1.82, 2.24) is 9.13 Å². The van der Waals surface area contributed by atoms with Crippen LogP contribution >= 0.6 is 0 Å². The van der Waals surface area contributed by atoms with Gasteiger partial charge in [0.25, 0.3) is 6.71 Å². The van der Waals surface area contributed by atoms with Crippen LogP contribution in [0, 0.1) is 0 Å². The predicted molar refractivity (Wildman–Crippen MR) is 351 cm³/mol. The Kier molecular flexibility index (Phi) is 10.7. The van der Waals surface area contributed by atoms with Crippen molar-refractivity contribution in [3.8, 4) is 55.9 Å². The van der Waals surface area contributed by atoms with Crippen molar-refractivity contribution in [2.45, 2.75) is 0 Å². The minimum atomic E-state index is -0.110. The molecule has 0 aliphatic carbocycles. The Bertz CT molecular complexity index is 4730. The third-order valence-corrected chi connectivity index (χ3v) is 17.5. The van der Waals surface area contributed by atoms with Gasteiger partial charge in [0.15, 0.2) is 0 Å². The van der Waals surface area contributed by atoms with Gasteiger partial charge in [0.2, 0.25) is 0 Å². The van der Waals surface area contributed by atoms with Crippen LogP contribution in [-0.2, 0) is 0 Å². The van der Waals surface area contributed by atoms with Crippen LogP contribution in [0.5, 0.6) is 0 Å². The molecule has 2 aliphatic heterocycles. The quantitative estimate of drug-likeness (QED) is 0.141. The lowest BCUT2D eigenvalue weighted by Crippen LogP contribution is -2.61. The molecule has 83 heavy (non-hydrogen) atoms. The number of fused-ring (bicyclic) bond motifs is 10. The van der Waals surface area contributed by atoms with Gasteiger partial charge in [-0.15, -0.1) is 0 Å². The number of hydrogen-bond acceptors (Lipinski definition) is 2. The van der Waals surface area contributed by atoms with E-state index in [0.29, 0.717) is 0 Å². The van der Waals surface area contributed by atoms with E-state index in [4.69, 9.17) is 0 Å². The van der Waals surface area contributed by atoms with E-state index in [1.807, 2.05) is 0 Å². The number of aromatic nitrogens is 2. The van der Waals surface area contributed by atoms with Crippen molar-refractivity contribution in [3.05, 3.63) is 309 Å². The zero-order valence-corrected chi connectivity index (χ0v) is 45.3. The summed E-state index contributed by atoms with van der Waals surface area (Å²) in [4.78, 5) is 5.15. The van der Waals surface area contributed by atoms with Gasteiger partial charge in [-0.2, -0.15) is 0 Å². The predicted octanol–water partition coefficient (Wildman–Crippen LogP) is 18.6. The third kappa shape index (κ3) is 7.21. The fourth-order valence-corrected chi connectivity index (χ4v) is 14.1. The number of hydrogen-bond donors (Lipinski definition) is 0. The lowest BCUT2D eigenvalue weighted by atomic mass is 9.33. The van der Waals surface area contributed by atoms with Crippen molar-refractivity contribution < 1.29 is 0 Å². The zero-order chi connectivity index (χ0) is 54.5. The first-order valence-corrected chi connectivity index (χ1v) is 28.7. The average Bonchev–Trinajstić information content (AvgIpc) is 3.08. The monoisotopic (exact) mass is 1050 g/mol. The van der Waals surface area contributed by atoms with Crippen molar-refractivity contribution in [2.75, 3.05) is 9.80 Å². The van der Waals surface area contributed by atoms with Gasteiger partial charge in [0, 0.05) is 66.8 Å². The van der Waals surface area contributed by atoms with Crippen molar-refractivity contribution >= 4 is 101 Å². The second-order valence-corrected chi connectivity index (χ2v) is 21.9. The maximum Gasteiger partial charge on any atom is 0.252 e. The van der Waals surface area contributed by atoms with Gasteiger partial charge < -0.3 is 18.9 Å². The fraction of sp³-hybridized carbons (Fsp3) is 0. The number of rotatable bonds is 8. The highest BCUT2D eigenvalue weighted by molar-refractivity contribution is 7.00. The largest absolute Gasteiger partial charge is 0.311 e. The Morgan fingerprint density at radius 3 is 1.04 bits per heavy atom. The molecule has 0 saturated carbocycles. The summed E-state index contributed by atoms with van der Waals surface area (Å²) in [6, 6.07) is 114. The molecule has 0 bridgehead atoms. The average molecular weight is 1060 g/mol. The van der Waals surface area contributed by atoms with E-state index in [9.17, 15) is 0 Å². The Balaban J connectivity index is 0.944. The first-order valence-electron chi connectivity index (χ1n) is 28.7. The van der Waals surface area contributed by atoms with Crippen molar-refractivity contribution in [3.63, 3.8) is 0 Å². The van der Waals surface area contributed by atoms with Gasteiger partial charge in [-0.25, -0.2) is 0 Å². The smallest absolute Gasteiger partial charge is 0.252 e. The summed E-state index contributed by atoms with van der Waals surface area (Å²) in [5.41, 5.74) is 27.1. The summed E-state index contributed by atoms with van der Waals surface area (Å²) in [5.74, 6) is 0. The minimum Gasteiger partial charge on any atom is -0.311 e. The van der Waals surface area contributed by atoms with Crippen LogP contribution in [0.2, 0.25) is 0 Å². The van der Waals surface area contributed by atoms with E-state index in [1.165, 1.54) is 105 Å². The van der Waals surface area contributed by atoms with Gasteiger partial charge in [0.1, 0.15) is 0 Å². The Labute approximate surface area is 482 Å². The summed E-state index contributed by atoms with van der Waals surface area (Å²) in [6.45, 7) is -0.110. The Morgan fingerprint density at radius 1 is 0.229 bits per heavy atom. The number of benzene rings is 13. The molecule has 0 unspecified atom stereocenters. The second-order valence-electron chi connectivity index (χ2n) is 21.9. The van der Waals surface area contributed by atoms with Crippen LogP contribution in [0.4, 0.5) is 34.1 Å². The second kappa shape index (κ2) is 18.9. The lowest BCUT2D eigenvalue weighted by molar-refractivity contribution is 1.18. The molecule has 0 atom stereocenters. The molecule has 0 radical (unpaired) electrons. The van der Waals surface area contributed by atoms with Gasteiger partial charge in [-0.3, -0.25) is 0 Å². The van der Waals surface area contributed by atoms with E-state index < -0.39 is 0 Å². The van der Waals surface area contributed by atoms with Gasteiger partial charge >= 0.3 is 0 Å². The summed E-state index contributed by atoms with van der Waals surface area (Å²) >= 11 is 0. The molecule has 5 heteroatoms.